The Balaban J connectivity index is 2.02. The summed E-state index contributed by atoms with van der Waals surface area (Å²) in [5, 5.41) is 6.17. The zero-order chi connectivity index (χ0) is 13.9. The predicted octanol–water partition coefficient (Wildman–Crippen LogP) is 4.03. The number of rotatable bonds is 4. The Bertz CT molecular complexity index is 600. The van der Waals surface area contributed by atoms with Crippen LogP contribution >= 0.6 is 11.8 Å². The minimum Gasteiger partial charge on any atom is -0.298 e. The van der Waals surface area contributed by atoms with Crippen LogP contribution in [0.4, 0.5) is 0 Å². The molecule has 0 radical (unpaired) electrons. The quantitative estimate of drug-likeness (QED) is 0.796. The topological polar surface area (TPSA) is 34.9 Å². The minimum absolute atomic E-state index is 0.618. The van der Waals surface area contributed by atoms with Crippen molar-refractivity contribution >= 4 is 18.0 Å². The predicted molar refractivity (Wildman–Crippen MR) is 81.8 cm³/mol. The molecule has 1 heterocycles. The van der Waals surface area contributed by atoms with Gasteiger partial charge in [-0.15, -0.1) is 11.8 Å². The molecule has 2 aromatic rings. The van der Waals surface area contributed by atoms with E-state index >= 15 is 0 Å². The number of thioether (sulfide) groups is 1. The van der Waals surface area contributed by atoms with Crippen molar-refractivity contribution in [2.75, 3.05) is 0 Å². The molecule has 1 aromatic carbocycles. The van der Waals surface area contributed by atoms with E-state index in [4.69, 9.17) is 0 Å². The number of aldehydes is 1. The molecular formula is C16H18N2OS. The maximum absolute atomic E-state index is 11.4. The second-order valence-corrected chi connectivity index (χ2v) is 6.48. The summed E-state index contributed by atoms with van der Waals surface area (Å²) in [6.07, 6.45) is 6.02. The number of aromatic nitrogens is 2. The maximum atomic E-state index is 11.4. The molecule has 0 saturated heterocycles. The van der Waals surface area contributed by atoms with Crippen LogP contribution in [0.1, 0.15) is 41.7 Å². The first-order chi connectivity index (χ1) is 9.79. The number of carbonyl (C=O) groups excluding carboxylic acids is 1. The van der Waals surface area contributed by atoms with E-state index in [9.17, 15) is 4.79 Å². The molecule has 1 saturated carbocycles. The third kappa shape index (κ3) is 2.52. The van der Waals surface area contributed by atoms with E-state index in [0.717, 1.165) is 28.3 Å². The van der Waals surface area contributed by atoms with E-state index in [-0.39, 0.29) is 0 Å². The first-order valence-electron chi connectivity index (χ1n) is 7.06. The van der Waals surface area contributed by atoms with Gasteiger partial charge in [-0.1, -0.05) is 31.0 Å². The fourth-order valence-corrected chi connectivity index (χ4v) is 4.13. The van der Waals surface area contributed by atoms with Gasteiger partial charge >= 0.3 is 0 Å². The third-order valence-electron chi connectivity index (χ3n) is 3.76. The van der Waals surface area contributed by atoms with Crippen molar-refractivity contribution in [2.24, 2.45) is 0 Å². The van der Waals surface area contributed by atoms with Crippen molar-refractivity contribution in [1.82, 2.24) is 9.78 Å². The summed E-state index contributed by atoms with van der Waals surface area (Å²) in [6, 6.07) is 10.0. The number of carbonyl (C=O) groups is 1. The Morgan fingerprint density at radius 1 is 1.25 bits per heavy atom. The Morgan fingerprint density at radius 2 is 1.95 bits per heavy atom. The SMILES string of the molecule is Cc1nn(-c2ccccc2)c(SC2CCCC2)c1C=O. The maximum Gasteiger partial charge on any atom is 0.154 e. The number of nitrogens with zero attached hydrogens (tertiary/aromatic N) is 2. The normalized spacial score (nSPS) is 15.7. The largest absolute Gasteiger partial charge is 0.298 e. The van der Waals surface area contributed by atoms with E-state index in [1.54, 1.807) is 0 Å². The molecule has 0 N–H and O–H groups in total. The average molecular weight is 286 g/mol. The lowest BCUT2D eigenvalue weighted by atomic mass is 10.3. The van der Waals surface area contributed by atoms with Crippen LogP contribution in [0.3, 0.4) is 0 Å². The molecule has 0 spiro atoms. The molecule has 0 amide bonds. The van der Waals surface area contributed by atoms with E-state index in [1.807, 2.05) is 53.7 Å². The fourth-order valence-electron chi connectivity index (χ4n) is 2.68. The van der Waals surface area contributed by atoms with Crippen molar-refractivity contribution < 1.29 is 4.79 Å². The molecule has 3 nitrogen and oxygen atoms in total. The van der Waals surface area contributed by atoms with Crippen LogP contribution in [-0.2, 0) is 0 Å². The molecule has 20 heavy (non-hydrogen) atoms. The summed E-state index contributed by atoms with van der Waals surface area (Å²) < 4.78 is 1.92. The highest BCUT2D eigenvalue weighted by atomic mass is 32.2. The van der Waals surface area contributed by atoms with Gasteiger partial charge in [-0.05, 0) is 31.9 Å². The van der Waals surface area contributed by atoms with Crippen molar-refractivity contribution in [3.63, 3.8) is 0 Å². The standard InChI is InChI=1S/C16H18N2OS/c1-12-15(11-19)16(20-14-9-5-6-10-14)18(17-12)13-7-3-2-4-8-13/h2-4,7-8,11,14H,5-6,9-10H2,1H3. The molecule has 1 fully saturated rings. The van der Waals surface area contributed by atoms with Crippen LogP contribution in [0, 0.1) is 6.92 Å². The van der Waals surface area contributed by atoms with E-state index in [0.29, 0.717) is 5.25 Å². The number of hydrogen-bond donors (Lipinski definition) is 0. The van der Waals surface area contributed by atoms with Gasteiger partial charge in [-0.3, -0.25) is 4.79 Å². The molecule has 4 heteroatoms. The molecule has 0 atom stereocenters. The van der Waals surface area contributed by atoms with Gasteiger partial charge in [0.15, 0.2) is 6.29 Å². The van der Waals surface area contributed by atoms with Crippen LogP contribution in [0.2, 0.25) is 0 Å². The summed E-state index contributed by atoms with van der Waals surface area (Å²) in [7, 11) is 0. The van der Waals surface area contributed by atoms with Crippen molar-refractivity contribution in [3.8, 4) is 5.69 Å². The molecule has 104 valence electrons. The summed E-state index contributed by atoms with van der Waals surface area (Å²) >= 11 is 1.81. The van der Waals surface area contributed by atoms with E-state index in [1.165, 1.54) is 25.7 Å². The lowest BCUT2D eigenvalue weighted by Crippen LogP contribution is -2.02. The molecule has 0 aliphatic heterocycles. The van der Waals surface area contributed by atoms with Gasteiger partial charge in [-0.25, -0.2) is 4.68 Å². The lowest BCUT2D eigenvalue weighted by molar-refractivity contribution is 0.112. The van der Waals surface area contributed by atoms with Gasteiger partial charge in [0.25, 0.3) is 0 Å². The second kappa shape index (κ2) is 5.83. The molecule has 1 aliphatic rings. The molecular weight excluding hydrogens is 268 g/mol. The Morgan fingerprint density at radius 3 is 2.60 bits per heavy atom. The third-order valence-corrected chi connectivity index (χ3v) is 5.18. The van der Waals surface area contributed by atoms with Crippen LogP contribution in [0.25, 0.3) is 5.69 Å². The Kier molecular flexibility index (Phi) is 3.92. The van der Waals surface area contributed by atoms with Gasteiger partial charge in [0.05, 0.1) is 16.9 Å². The molecule has 1 aliphatic carbocycles. The number of para-hydroxylation sites is 1. The average Bonchev–Trinajstić information content (AvgIpc) is 3.08. The molecule has 0 bridgehead atoms. The van der Waals surface area contributed by atoms with Gasteiger partial charge in [-0.2, -0.15) is 5.10 Å². The van der Waals surface area contributed by atoms with Crippen LogP contribution < -0.4 is 0 Å². The van der Waals surface area contributed by atoms with Gasteiger partial charge < -0.3 is 0 Å². The first-order valence-corrected chi connectivity index (χ1v) is 7.94. The molecule has 1 aromatic heterocycles. The molecule has 0 unspecified atom stereocenters. The van der Waals surface area contributed by atoms with Gasteiger partial charge in [0, 0.05) is 5.25 Å². The monoisotopic (exact) mass is 286 g/mol. The van der Waals surface area contributed by atoms with E-state index < -0.39 is 0 Å². The van der Waals surface area contributed by atoms with Crippen molar-refractivity contribution in [1.29, 1.82) is 0 Å². The van der Waals surface area contributed by atoms with E-state index in [2.05, 4.69) is 5.10 Å². The summed E-state index contributed by atoms with van der Waals surface area (Å²) in [4.78, 5) is 11.4. The summed E-state index contributed by atoms with van der Waals surface area (Å²) in [5.74, 6) is 0. The van der Waals surface area contributed by atoms with Crippen molar-refractivity contribution in [2.45, 2.75) is 42.9 Å². The van der Waals surface area contributed by atoms with Crippen LogP contribution in [-0.4, -0.2) is 21.3 Å². The highest BCUT2D eigenvalue weighted by molar-refractivity contribution is 8.00. The second-order valence-electron chi connectivity index (χ2n) is 5.19. The van der Waals surface area contributed by atoms with Crippen molar-refractivity contribution in [3.05, 3.63) is 41.6 Å². The van der Waals surface area contributed by atoms with Crippen LogP contribution in [0.15, 0.2) is 35.4 Å². The number of aryl methyl sites for hydroxylation is 1. The molecule has 3 rings (SSSR count). The zero-order valence-electron chi connectivity index (χ0n) is 11.6. The van der Waals surface area contributed by atoms with Gasteiger partial charge in [0.2, 0.25) is 0 Å². The summed E-state index contributed by atoms with van der Waals surface area (Å²) in [5.41, 5.74) is 2.57. The smallest absolute Gasteiger partial charge is 0.154 e. The highest BCUT2D eigenvalue weighted by Gasteiger charge is 2.23. The number of hydrogen-bond acceptors (Lipinski definition) is 3. The minimum atomic E-state index is 0.618. The summed E-state index contributed by atoms with van der Waals surface area (Å²) in [6.45, 7) is 1.90. The zero-order valence-corrected chi connectivity index (χ0v) is 12.4. The fraction of sp³-hybridized carbons (Fsp3) is 0.375. The Hall–Kier alpha value is -1.55. The Labute approximate surface area is 123 Å². The first kappa shape index (κ1) is 13.4. The lowest BCUT2D eigenvalue weighted by Gasteiger charge is -2.11. The van der Waals surface area contributed by atoms with Crippen LogP contribution in [0.5, 0.6) is 0 Å². The highest BCUT2D eigenvalue weighted by Crippen LogP contribution is 2.37. The van der Waals surface area contributed by atoms with Gasteiger partial charge in [0.1, 0.15) is 5.03 Å². The number of benzene rings is 1.